The number of hydrogen-bond donors (Lipinski definition) is 1. The number of hydrogen-bond acceptors (Lipinski definition) is 3. The van der Waals surface area contributed by atoms with Crippen LogP contribution in [0.5, 0.6) is 5.75 Å². The zero-order valence-electron chi connectivity index (χ0n) is 8.33. The molecule has 0 amide bonds. The molecule has 2 aromatic rings. The van der Waals surface area contributed by atoms with Crippen LogP contribution in [0.15, 0.2) is 17.5 Å². The number of nitrogen functional groups attached to an aromatic ring is 1. The average molecular weight is 207 g/mol. The highest BCUT2D eigenvalue weighted by molar-refractivity contribution is 7.17. The second-order valence-corrected chi connectivity index (χ2v) is 4.12. The lowest BCUT2D eigenvalue weighted by Crippen LogP contribution is -1.97. The molecule has 2 rings (SSSR count). The number of benzene rings is 1. The van der Waals surface area contributed by atoms with E-state index in [1.54, 1.807) is 11.3 Å². The highest BCUT2D eigenvalue weighted by atomic mass is 32.1. The largest absolute Gasteiger partial charge is 0.492 e. The van der Waals surface area contributed by atoms with Crippen LogP contribution in [0.3, 0.4) is 0 Å². The van der Waals surface area contributed by atoms with Gasteiger partial charge in [-0.25, -0.2) is 0 Å². The molecule has 0 radical (unpaired) electrons. The molecule has 0 atom stereocenters. The maximum Gasteiger partial charge on any atom is 0.143 e. The van der Waals surface area contributed by atoms with Gasteiger partial charge in [-0.05, 0) is 36.9 Å². The Morgan fingerprint density at radius 1 is 1.50 bits per heavy atom. The summed E-state index contributed by atoms with van der Waals surface area (Å²) in [6.45, 7) is 4.70. The van der Waals surface area contributed by atoms with Gasteiger partial charge < -0.3 is 10.5 Å². The molecule has 0 aliphatic carbocycles. The third-order valence-corrected chi connectivity index (χ3v) is 3.28. The monoisotopic (exact) mass is 207 g/mol. The van der Waals surface area contributed by atoms with Gasteiger partial charge in [-0.3, -0.25) is 0 Å². The Labute approximate surface area is 87.3 Å². The van der Waals surface area contributed by atoms with Gasteiger partial charge in [0.15, 0.2) is 0 Å². The predicted octanol–water partition coefficient (Wildman–Crippen LogP) is 3.19. The van der Waals surface area contributed by atoms with Gasteiger partial charge in [-0.15, -0.1) is 11.3 Å². The van der Waals surface area contributed by atoms with Gasteiger partial charge in [0.25, 0.3) is 0 Å². The highest BCUT2D eigenvalue weighted by Crippen LogP contribution is 2.36. The minimum absolute atomic E-state index is 0.652. The number of fused-ring (bicyclic) bond motifs is 1. The molecule has 0 aliphatic rings. The Hall–Kier alpha value is -1.22. The lowest BCUT2D eigenvalue weighted by Gasteiger charge is -2.09. The minimum Gasteiger partial charge on any atom is -0.492 e. The number of nitrogens with two attached hydrogens (primary N) is 1. The van der Waals surface area contributed by atoms with Crippen molar-refractivity contribution < 1.29 is 4.74 Å². The van der Waals surface area contributed by atoms with Crippen molar-refractivity contribution in [2.45, 2.75) is 13.8 Å². The van der Waals surface area contributed by atoms with E-state index >= 15 is 0 Å². The van der Waals surface area contributed by atoms with Crippen molar-refractivity contribution in [2.24, 2.45) is 0 Å². The smallest absolute Gasteiger partial charge is 0.143 e. The molecule has 74 valence electrons. The molecule has 2 N–H and O–H groups in total. The van der Waals surface area contributed by atoms with Crippen molar-refractivity contribution >= 4 is 27.1 Å². The lowest BCUT2D eigenvalue weighted by atomic mass is 10.1. The summed E-state index contributed by atoms with van der Waals surface area (Å²) in [7, 11) is 0. The van der Waals surface area contributed by atoms with E-state index < -0.39 is 0 Å². The van der Waals surface area contributed by atoms with Gasteiger partial charge in [-0.1, -0.05) is 0 Å². The van der Waals surface area contributed by atoms with Crippen LogP contribution in [0.2, 0.25) is 0 Å². The molecule has 0 aliphatic heterocycles. The zero-order chi connectivity index (χ0) is 10.1. The molecule has 3 heteroatoms. The molecule has 1 aromatic heterocycles. The first-order valence-corrected chi connectivity index (χ1v) is 5.51. The second kappa shape index (κ2) is 3.50. The summed E-state index contributed by atoms with van der Waals surface area (Å²) < 4.78 is 6.73. The Morgan fingerprint density at radius 2 is 2.29 bits per heavy atom. The summed E-state index contributed by atoms with van der Waals surface area (Å²) in [6, 6.07) is 4.06. The normalized spacial score (nSPS) is 10.7. The molecule has 1 heterocycles. The van der Waals surface area contributed by atoms with Crippen LogP contribution in [-0.4, -0.2) is 6.61 Å². The summed E-state index contributed by atoms with van der Waals surface area (Å²) in [5, 5.41) is 3.17. The van der Waals surface area contributed by atoms with Crippen molar-refractivity contribution in [3.63, 3.8) is 0 Å². The molecule has 14 heavy (non-hydrogen) atoms. The average Bonchev–Trinajstić information content (AvgIpc) is 2.63. The fraction of sp³-hybridized carbons (Fsp3) is 0.273. The highest BCUT2D eigenvalue weighted by Gasteiger charge is 2.08. The number of aryl methyl sites for hydroxylation is 1. The molecule has 1 aromatic carbocycles. The lowest BCUT2D eigenvalue weighted by molar-refractivity contribution is 0.342. The van der Waals surface area contributed by atoms with Crippen molar-refractivity contribution in [3.8, 4) is 5.75 Å². The molecule has 0 unspecified atom stereocenters. The van der Waals surface area contributed by atoms with E-state index in [-0.39, 0.29) is 0 Å². The Bertz CT molecular complexity index is 462. The van der Waals surface area contributed by atoms with E-state index in [0.717, 1.165) is 16.8 Å². The fourth-order valence-corrected chi connectivity index (χ4v) is 2.46. The predicted molar refractivity (Wildman–Crippen MR) is 62.1 cm³/mol. The van der Waals surface area contributed by atoms with Crippen LogP contribution in [0.4, 0.5) is 5.69 Å². The van der Waals surface area contributed by atoms with E-state index in [4.69, 9.17) is 10.5 Å². The van der Waals surface area contributed by atoms with Gasteiger partial charge in [0.05, 0.1) is 12.3 Å². The van der Waals surface area contributed by atoms with E-state index in [1.807, 2.05) is 19.1 Å². The number of anilines is 1. The SMILES string of the molecule is CCOc1cc(C)c2sccc2c1N. The minimum atomic E-state index is 0.652. The van der Waals surface area contributed by atoms with E-state index in [1.165, 1.54) is 10.3 Å². The van der Waals surface area contributed by atoms with E-state index in [2.05, 4.69) is 12.3 Å². The van der Waals surface area contributed by atoms with Gasteiger partial charge in [0, 0.05) is 10.1 Å². The van der Waals surface area contributed by atoms with Crippen molar-refractivity contribution in [1.29, 1.82) is 0 Å². The number of rotatable bonds is 2. The summed E-state index contributed by atoms with van der Waals surface area (Å²) in [4.78, 5) is 0. The summed E-state index contributed by atoms with van der Waals surface area (Å²) in [5.41, 5.74) is 7.99. The summed E-state index contributed by atoms with van der Waals surface area (Å²) >= 11 is 1.72. The van der Waals surface area contributed by atoms with Crippen LogP contribution >= 0.6 is 11.3 Å². The molecule has 0 spiro atoms. The molecule has 0 saturated carbocycles. The standard InChI is InChI=1S/C11H13NOS/c1-3-13-9-6-7(2)11-8(10(9)12)4-5-14-11/h4-6H,3,12H2,1-2H3. The van der Waals surface area contributed by atoms with Crippen LogP contribution in [0, 0.1) is 6.92 Å². The third-order valence-electron chi connectivity index (χ3n) is 2.23. The number of ether oxygens (including phenoxy) is 1. The molecular formula is C11H13NOS. The van der Waals surface area contributed by atoms with Crippen LogP contribution in [-0.2, 0) is 0 Å². The Balaban J connectivity index is 2.68. The molecular weight excluding hydrogens is 194 g/mol. The quantitative estimate of drug-likeness (QED) is 0.767. The van der Waals surface area contributed by atoms with E-state index in [9.17, 15) is 0 Å². The van der Waals surface area contributed by atoms with Crippen LogP contribution < -0.4 is 10.5 Å². The fourth-order valence-electron chi connectivity index (χ4n) is 1.57. The maximum atomic E-state index is 6.00. The van der Waals surface area contributed by atoms with Gasteiger partial charge in [-0.2, -0.15) is 0 Å². The van der Waals surface area contributed by atoms with Crippen molar-refractivity contribution in [1.82, 2.24) is 0 Å². The summed E-state index contributed by atoms with van der Waals surface area (Å²) in [6.07, 6.45) is 0. The van der Waals surface area contributed by atoms with Crippen molar-refractivity contribution in [2.75, 3.05) is 12.3 Å². The first-order chi connectivity index (χ1) is 6.74. The molecule has 0 saturated heterocycles. The van der Waals surface area contributed by atoms with Gasteiger partial charge in [0.2, 0.25) is 0 Å². The topological polar surface area (TPSA) is 35.2 Å². The molecule has 2 nitrogen and oxygen atoms in total. The van der Waals surface area contributed by atoms with Crippen molar-refractivity contribution in [3.05, 3.63) is 23.1 Å². The maximum absolute atomic E-state index is 6.00. The Kier molecular flexibility index (Phi) is 2.33. The van der Waals surface area contributed by atoms with Crippen LogP contribution in [0.25, 0.3) is 10.1 Å². The van der Waals surface area contributed by atoms with E-state index in [0.29, 0.717) is 6.61 Å². The second-order valence-electron chi connectivity index (χ2n) is 3.20. The Morgan fingerprint density at radius 3 is 3.00 bits per heavy atom. The number of thiophene rings is 1. The van der Waals surface area contributed by atoms with Crippen LogP contribution in [0.1, 0.15) is 12.5 Å². The summed E-state index contributed by atoms with van der Waals surface area (Å²) in [5.74, 6) is 0.802. The first kappa shape index (κ1) is 9.34. The zero-order valence-corrected chi connectivity index (χ0v) is 9.15. The first-order valence-electron chi connectivity index (χ1n) is 4.63. The molecule has 0 bridgehead atoms. The van der Waals surface area contributed by atoms with Gasteiger partial charge in [0.1, 0.15) is 5.75 Å². The third kappa shape index (κ3) is 1.34. The van der Waals surface area contributed by atoms with Gasteiger partial charge >= 0.3 is 0 Å². The molecule has 0 fully saturated rings.